The lowest BCUT2D eigenvalue weighted by Gasteiger charge is -2.31. The van der Waals surface area contributed by atoms with E-state index in [0.29, 0.717) is 0 Å². The van der Waals surface area contributed by atoms with E-state index in [1.54, 1.807) is 20.8 Å². The number of rotatable bonds is 3. The second kappa shape index (κ2) is 6.07. The summed E-state index contributed by atoms with van der Waals surface area (Å²) in [5, 5.41) is 0. The first-order valence-electron chi connectivity index (χ1n) is 6.39. The molecule has 0 N–H and O–H groups in total. The number of ether oxygens (including phenoxy) is 2. The van der Waals surface area contributed by atoms with E-state index in [1.165, 1.54) is 5.94 Å². The number of hydrogen-bond acceptors (Lipinski definition) is 4. The lowest BCUT2D eigenvalue weighted by atomic mass is 10.0. The first-order valence-corrected chi connectivity index (χ1v) is 6.39. The van der Waals surface area contributed by atoms with Crippen molar-refractivity contribution in [2.75, 3.05) is 19.7 Å². The third kappa shape index (κ3) is 4.47. The minimum atomic E-state index is -4.65. The zero-order chi connectivity index (χ0) is 16.3. The summed E-state index contributed by atoms with van der Waals surface area (Å²) in [6, 6.07) is 0. The van der Waals surface area contributed by atoms with Crippen molar-refractivity contribution >= 4 is 12.0 Å². The largest absolute Gasteiger partial charge is 0.444 e. The number of amides is 1. The third-order valence-electron chi connectivity index (χ3n) is 2.93. The highest BCUT2D eigenvalue weighted by Crippen LogP contribution is 2.41. The number of nitrogens with zero attached hydrogens (tertiary/aromatic N) is 1. The van der Waals surface area contributed by atoms with E-state index >= 15 is 0 Å². The van der Waals surface area contributed by atoms with Gasteiger partial charge in [-0.25, -0.2) is 9.59 Å². The average molecular weight is 309 g/mol. The minimum absolute atomic E-state index is 0.126. The number of hydrogen-bond donors (Lipinski definition) is 0. The van der Waals surface area contributed by atoms with Crippen LogP contribution in [0.3, 0.4) is 0 Å². The van der Waals surface area contributed by atoms with E-state index in [2.05, 4.69) is 0 Å². The zero-order valence-corrected chi connectivity index (χ0v) is 12.1. The smallest absolute Gasteiger partial charge is 0.419 e. The van der Waals surface area contributed by atoms with Crippen LogP contribution in [-0.4, -0.2) is 54.0 Å². The van der Waals surface area contributed by atoms with Crippen LogP contribution in [0, 0.1) is 0 Å². The van der Waals surface area contributed by atoms with Crippen LogP contribution in [0.1, 0.15) is 27.2 Å². The molecule has 1 amide bonds. The molecule has 0 aromatic carbocycles. The molecular formula is C13H18F3NO4. The number of carbonyl (C=O) groups excluding carboxylic acids is 2. The van der Waals surface area contributed by atoms with Gasteiger partial charge in [0.2, 0.25) is 0 Å². The van der Waals surface area contributed by atoms with E-state index in [0.717, 1.165) is 11.0 Å². The Balaban J connectivity index is 2.81. The van der Waals surface area contributed by atoms with Crippen LogP contribution < -0.4 is 0 Å². The Morgan fingerprint density at radius 2 is 2.00 bits per heavy atom. The molecule has 1 unspecified atom stereocenters. The van der Waals surface area contributed by atoms with Gasteiger partial charge in [0.15, 0.2) is 5.60 Å². The van der Waals surface area contributed by atoms with Gasteiger partial charge in [0, 0.05) is 19.0 Å². The second-order valence-corrected chi connectivity index (χ2v) is 5.78. The summed E-state index contributed by atoms with van der Waals surface area (Å²) in [5.41, 5.74) is -3.26. The summed E-state index contributed by atoms with van der Waals surface area (Å²) in [6.07, 6.45) is -5.05. The predicted octanol–water partition coefficient (Wildman–Crippen LogP) is 2.33. The Hall–Kier alpha value is -1.53. The summed E-state index contributed by atoms with van der Waals surface area (Å²) in [6.45, 7) is 3.60. The normalized spacial score (nSPS) is 22.9. The van der Waals surface area contributed by atoms with E-state index in [4.69, 9.17) is 9.47 Å². The molecule has 0 radical (unpaired) electrons. The van der Waals surface area contributed by atoms with E-state index < -0.39 is 43.0 Å². The minimum Gasteiger partial charge on any atom is -0.444 e. The van der Waals surface area contributed by atoms with E-state index in [-0.39, 0.29) is 6.54 Å². The van der Waals surface area contributed by atoms with E-state index in [9.17, 15) is 22.8 Å². The Morgan fingerprint density at radius 1 is 1.38 bits per heavy atom. The van der Waals surface area contributed by atoms with Crippen molar-refractivity contribution in [3.8, 4) is 0 Å². The molecule has 1 atom stereocenters. The quantitative estimate of drug-likeness (QED) is 0.751. The summed E-state index contributed by atoms with van der Waals surface area (Å²) in [5.74, 6) is 1.35. The predicted molar refractivity (Wildman–Crippen MR) is 67.4 cm³/mol. The van der Waals surface area contributed by atoms with Crippen molar-refractivity contribution in [2.24, 2.45) is 0 Å². The van der Waals surface area contributed by atoms with Gasteiger partial charge in [-0.15, -0.1) is 0 Å². The second-order valence-electron chi connectivity index (χ2n) is 5.78. The van der Waals surface area contributed by atoms with Crippen LogP contribution >= 0.6 is 0 Å². The Morgan fingerprint density at radius 3 is 2.48 bits per heavy atom. The molecule has 0 aromatic rings. The maximum Gasteiger partial charge on any atom is 0.419 e. The molecule has 1 heterocycles. The molecule has 1 saturated heterocycles. The molecule has 1 aliphatic rings. The van der Waals surface area contributed by atoms with Crippen molar-refractivity contribution in [3.63, 3.8) is 0 Å². The summed E-state index contributed by atoms with van der Waals surface area (Å²) in [4.78, 5) is 22.8. The van der Waals surface area contributed by atoms with Crippen LogP contribution in [0.2, 0.25) is 0 Å². The highest BCUT2D eigenvalue weighted by molar-refractivity contribution is 5.68. The van der Waals surface area contributed by atoms with Crippen molar-refractivity contribution in [2.45, 2.75) is 44.6 Å². The lowest BCUT2D eigenvalue weighted by molar-refractivity contribution is -0.268. The van der Waals surface area contributed by atoms with Gasteiger partial charge in [-0.3, -0.25) is 0 Å². The van der Waals surface area contributed by atoms with Crippen molar-refractivity contribution < 1.29 is 32.2 Å². The molecule has 0 aromatic heterocycles. The number of halogens is 3. The van der Waals surface area contributed by atoms with Gasteiger partial charge in [0.1, 0.15) is 11.5 Å². The maximum absolute atomic E-state index is 13.2. The maximum atomic E-state index is 13.2. The number of likely N-dealkylation sites (tertiary alicyclic amines) is 1. The van der Waals surface area contributed by atoms with Gasteiger partial charge in [-0.1, -0.05) is 0 Å². The standard InChI is InChI=1S/C13H18F3NO4/c1-11(2,3)21-10(19)17-6-5-12(9-17,13(14,15)16)20-8-4-7-18/h4H,5-6,8-9H2,1-3H3. The Kier molecular flexibility index (Phi) is 5.07. The number of carbonyl (C=O) groups is 1. The molecule has 0 saturated carbocycles. The SMILES string of the molecule is CC(C)(C)OC(=O)N1CCC(OCC=C=O)(C(F)(F)F)C1. The van der Waals surface area contributed by atoms with Crippen molar-refractivity contribution in [3.05, 3.63) is 6.08 Å². The first kappa shape index (κ1) is 17.5. The molecular weight excluding hydrogens is 291 g/mol. The molecule has 0 spiro atoms. The van der Waals surface area contributed by atoms with Gasteiger partial charge in [-0.05, 0) is 20.8 Å². The van der Waals surface area contributed by atoms with Gasteiger partial charge < -0.3 is 14.4 Å². The van der Waals surface area contributed by atoms with Gasteiger partial charge in [-0.2, -0.15) is 13.2 Å². The molecule has 1 aliphatic heterocycles. The van der Waals surface area contributed by atoms with Gasteiger partial charge >= 0.3 is 12.3 Å². The topological polar surface area (TPSA) is 55.8 Å². The average Bonchev–Trinajstić information content (AvgIpc) is 2.72. The molecule has 0 aliphatic carbocycles. The van der Waals surface area contributed by atoms with Crippen LogP contribution in [0.15, 0.2) is 6.08 Å². The molecule has 1 fully saturated rings. The fourth-order valence-electron chi connectivity index (χ4n) is 1.93. The molecule has 5 nitrogen and oxygen atoms in total. The first-order chi connectivity index (χ1) is 9.51. The number of alkyl halides is 3. The molecule has 120 valence electrons. The summed E-state index contributed by atoms with van der Waals surface area (Å²) in [7, 11) is 0. The van der Waals surface area contributed by atoms with Crippen molar-refractivity contribution in [1.82, 2.24) is 4.90 Å². The third-order valence-corrected chi connectivity index (χ3v) is 2.93. The van der Waals surface area contributed by atoms with Crippen LogP contribution in [0.5, 0.6) is 0 Å². The van der Waals surface area contributed by atoms with Crippen molar-refractivity contribution in [1.29, 1.82) is 0 Å². The zero-order valence-electron chi connectivity index (χ0n) is 12.1. The monoisotopic (exact) mass is 309 g/mol. The molecule has 8 heteroatoms. The fourth-order valence-corrected chi connectivity index (χ4v) is 1.93. The van der Waals surface area contributed by atoms with Crippen LogP contribution in [0.25, 0.3) is 0 Å². The lowest BCUT2D eigenvalue weighted by Crippen LogP contribution is -2.50. The summed E-state index contributed by atoms with van der Waals surface area (Å²) >= 11 is 0. The van der Waals surface area contributed by atoms with Gasteiger partial charge in [0.05, 0.1) is 13.2 Å². The molecule has 21 heavy (non-hydrogen) atoms. The molecule has 1 rings (SSSR count). The molecule has 0 bridgehead atoms. The summed E-state index contributed by atoms with van der Waals surface area (Å²) < 4.78 is 49.5. The van der Waals surface area contributed by atoms with Crippen LogP contribution in [0.4, 0.5) is 18.0 Å². The van der Waals surface area contributed by atoms with Gasteiger partial charge in [0.25, 0.3) is 0 Å². The highest BCUT2D eigenvalue weighted by Gasteiger charge is 2.60. The Labute approximate surface area is 120 Å². The fraction of sp³-hybridized carbons (Fsp3) is 0.769. The van der Waals surface area contributed by atoms with E-state index in [1.807, 2.05) is 0 Å². The Bertz CT molecular complexity index is 438. The highest BCUT2D eigenvalue weighted by atomic mass is 19.4. The van der Waals surface area contributed by atoms with Crippen LogP contribution in [-0.2, 0) is 14.3 Å².